The van der Waals surface area contributed by atoms with Crippen molar-refractivity contribution in [2.24, 2.45) is 5.10 Å². The molecular formula is C29H36ClN7O3. The summed E-state index contributed by atoms with van der Waals surface area (Å²) in [6, 6.07) is 9.60. The second kappa shape index (κ2) is 13.0. The van der Waals surface area contributed by atoms with E-state index in [0.29, 0.717) is 47.6 Å². The predicted molar refractivity (Wildman–Crippen MR) is 159 cm³/mol. The van der Waals surface area contributed by atoms with Gasteiger partial charge in [0.25, 0.3) is 0 Å². The van der Waals surface area contributed by atoms with Crippen molar-refractivity contribution >= 4 is 35.7 Å². The van der Waals surface area contributed by atoms with Crippen molar-refractivity contribution in [1.29, 1.82) is 0 Å². The molecule has 10 nitrogen and oxygen atoms in total. The highest BCUT2D eigenvalue weighted by molar-refractivity contribution is 6.32. The number of aromatic nitrogens is 3. The van der Waals surface area contributed by atoms with Crippen molar-refractivity contribution < 1.29 is 14.2 Å². The van der Waals surface area contributed by atoms with Crippen LogP contribution in [0, 0.1) is 13.8 Å². The molecular weight excluding hydrogens is 530 g/mol. The number of rotatable bonds is 11. The fourth-order valence-corrected chi connectivity index (χ4v) is 5.02. The molecule has 212 valence electrons. The minimum absolute atomic E-state index is 0.316. The highest BCUT2D eigenvalue weighted by Crippen LogP contribution is 2.36. The number of ether oxygens (including phenoxy) is 3. The van der Waals surface area contributed by atoms with Crippen LogP contribution < -0.4 is 29.4 Å². The van der Waals surface area contributed by atoms with E-state index in [1.54, 1.807) is 19.4 Å². The lowest BCUT2D eigenvalue weighted by molar-refractivity contribution is 0.211. The molecule has 11 heteroatoms. The first-order valence-corrected chi connectivity index (χ1v) is 14.1. The van der Waals surface area contributed by atoms with Crippen molar-refractivity contribution in [1.82, 2.24) is 15.0 Å². The molecule has 3 heterocycles. The van der Waals surface area contributed by atoms with E-state index < -0.39 is 0 Å². The van der Waals surface area contributed by atoms with E-state index in [0.717, 1.165) is 63.2 Å². The van der Waals surface area contributed by atoms with Gasteiger partial charge in [-0.15, -0.1) is 0 Å². The maximum absolute atomic E-state index is 6.56. The number of nitrogens with zero attached hydrogens (tertiary/aromatic N) is 6. The average Bonchev–Trinajstić information content (AvgIpc) is 3.69. The summed E-state index contributed by atoms with van der Waals surface area (Å²) in [5.41, 5.74) is 6.13. The number of anilines is 3. The Morgan fingerprint density at radius 2 is 1.52 bits per heavy atom. The molecule has 0 bridgehead atoms. The van der Waals surface area contributed by atoms with Crippen LogP contribution in [0.5, 0.6) is 17.2 Å². The number of hydrogen-bond donors (Lipinski definition) is 1. The van der Waals surface area contributed by atoms with Crippen LogP contribution in [0.15, 0.2) is 35.4 Å². The predicted octanol–water partition coefficient (Wildman–Crippen LogP) is 5.25. The Hall–Kier alpha value is -3.79. The molecule has 1 aromatic heterocycles. The Kier molecular flexibility index (Phi) is 9.05. The van der Waals surface area contributed by atoms with Crippen LogP contribution in [0.2, 0.25) is 5.02 Å². The molecule has 0 radical (unpaired) electrons. The largest absolute Gasteiger partial charge is 0.493 e. The highest BCUT2D eigenvalue weighted by Gasteiger charge is 2.21. The lowest BCUT2D eigenvalue weighted by Gasteiger charge is -2.20. The van der Waals surface area contributed by atoms with Crippen LogP contribution in [-0.4, -0.2) is 67.7 Å². The van der Waals surface area contributed by atoms with Crippen molar-refractivity contribution in [2.75, 3.05) is 61.7 Å². The van der Waals surface area contributed by atoms with E-state index in [2.05, 4.69) is 44.1 Å². The normalized spacial score (nSPS) is 15.2. The fourth-order valence-electron chi connectivity index (χ4n) is 4.75. The smallest absolute Gasteiger partial charge is 0.250 e. The van der Waals surface area contributed by atoms with Gasteiger partial charge < -0.3 is 24.0 Å². The van der Waals surface area contributed by atoms with E-state index in [9.17, 15) is 0 Å². The van der Waals surface area contributed by atoms with Gasteiger partial charge in [0.1, 0.15) is 19.0 Å². The van der Waals surface area contributed by atoms with Crippen molar-refractivity contribution in [3.8, 4) is 17.2 Å². The lowest BCUT2D eigenvalue weighted by atomic mass is 10.1. The Labute approximate surface area is 240 Å². The van der Waals surface area contributed by atoms with Gasteiger partial charge in [-0.05, 0) is 80.5 Å². The summed E-state index contributed by atoms with van der Waals surface area (Å²) < 4.78 is 17.3. The molecule has 2 aliphatic rings. The van der Waals surface area contributed by atoms with Gasteiger partial charge in [0, 0.05) is 26.2 Å². The molecule has 2 fully saturated rings. The summed E-state index contributed by atoms with van der Waals surface area (Å²) in [4.78, 5) is 18.4. The third-order valence-electron chi connectivity index (χ3n) is 7.10. The number of aryl methyl sites for hydroxylation is 2. The van der Waals surface area contributed by atoms with Gasteiger partial charge in [-0.3, -0.25) is 0 Å². The number of halogens is 1. The minimum atomic E-state index is 0.316. The van der Waals surface area contributed by atoms with Crippen molar-refractivity contribution in [3.63, 3.8) is 0 Å². The van der Waals surface area contributed by atoms with Crippen LogP contribution in [-0.2, 0) is 0 Å². The van der Waals surface area contributed by atoms with E-state index in [1.165, 1.54) is 11.1 Å². The molecule has 3 aromatic rings. The van der Waals surface area contributed by atoms with Gasteiger partial charge >= 0.3 is 0 Å². The first-order chi connectivity index (χ1) is 19.5. The van der Waals surface area contributed by atoms with E-state index in [1.807, 2.05) is 24.3 Å². The summed E-state index contributed by atoms with van der Waals surface area (Å²) in [5.74, 6) is 3.58. The topological polar surface area (TPSA) is 97.2 Å². The van der Waals surface area contributed by atoms with Crippen LogP contribution in [0.1, 0.15) is 42.4 Å². The summed E-state index contributed by atoms with van der Waals surface area (Å²) in [7, 11) is 1.58. The van der Waals surface area contributed by atoms with Gasteiger partial charge in [0.2, 0.25) is 17.8 Å². The summed E-state index contributed by atoms with van der Waals surface area (Å²) in [6.45, 7) is 8.65. The third kappa shape index (κ3) is 6.85. The van der Waals surface area contributed by atoms with Gasteiger partial charge in [-0.1, -0.05) is 17.7 Å². The molecule has 2 aliphatic heterocycles. The van der Waals surface area contributed by atoms with Gasteiger partial charge in [0.15, 0.2) is 11.5 Å². The van der Waals surface area contributed by atoms with Crippen molar-refractivity contribution in [3.05, 3.63) is 52.0 Å². The SMILES string of the molecule is COc1cc(/C=N\Nc2nc(N3CCCC3)nc(N3CCCC3)n2)cc(Cl)c1OCCOc1ccc(C)c(C)c1. The molecule has 2 saturated heterocycles. The Balaban J connectivity index is 1.23. The van der Waals surface area contributed by atoms with Gasteiger partial charge in [-0.25, -0.2) is 5.43 Å². The van der Waals surface area contributed by atoms with Crippen molar-refractivity contribution in [2.45, 2.75) is 39.5 Å². The second-order valence-electron chi connectivity index (χ2n) is 9.99. The molecule has 0 unspecified atom stereocenters. The highest BCUT2D eigenvalue weighted by atomic mass is 35.5. The van der Waals surface area contributed by atoms with Gasteiger partial charge in [0.05, 0.1) is 18.3 Å². The van der Waals surface area contributed by atoms with Crippen LogP contribution in [0.25, 0.3) is 0 Å². The molecule has 5 rings (SSSR count). The fraction of sp³-hybridized carbons (Fsp3) is 0.448. The zero-order valence-electron chi connectivity index (χ0n) is 23.3. The monoisotopic (exact) mass is 565 g/mol. The summed E-state index contributed by atoms with van der Waals surface area (Å²) in [5, 5.41) is 4.79. The molecule has 0 aliphatic carbocycles. The lowest BCUT2D eigenvalue weighted by Crippen LogP contribution is -2.25. The molecule has 0 amide bonds. The number of hydrogen-bond acceptors (Lipinski definition) is 10. The Morgan fingerprint density at radius 3 is 2.15 bits per heavy atom. The molecule has 0 spiro atoms. The zero-order valence-corrected chi connectivity index (χ0v) is 24.1. The first kappa shape index (κ1) is 27.8. The van der Waals surface area contributed by atoms with Gasteiger partial charge in [-0.2, -0.15) is 20.1 Å². The van der Waals surface area contributed by atoms with Crippen LogP contribution >= 0.6 is 11.6 Å². The molecule has 0 saturated carbocycles. The molecule has 0 atom stereocenters. The summed E-state index contributed by atoms with van der Waals surface area (Å²) >= 11 is 6.56. The zero-order chi connectivity index (χ0) is 27.9. The quantitative estimate of drug-likeness (QED) is 0.190. The minimum Gasteiger partial charge on any atom is -0.493 e. The number of hydrazone groups is 1. The third-order valence-corrected chi connectivity index (χ3v) is 7.38. The first-order valence-electron chi connectivity index (χ1n) is 13.8. The Bertz CT molecular complexity index is 1310. The van der Waals surface area contributed by atoms with E-state index in [4.69, 9.17) is 30.8 Å². The summed E-state index contributed by atoms with van der Waals surface area (Å²) in [6.07, 6.45) is 6.23. The molecule has 2 aromatic carbocycles. The number of benzene rings is 2. The number of methoxy groups -OCH3 is 1. The van der Waals surface area contributed by atoms with Crippen LogP contribution in [0.3, 0.4) is 0 Å². The van der Waals surface area contributed by atoms with E-state index >= 15 is 0 Å². The number of nitrogens with one attached hydrogen (secondary N) is 1. The average molecular weight is 566 g/mol. The maximum Gasteiger partial charge on any atom is 0.250 e. The standard InChI is InChI=1S/C29H36ClN7O3/c1-20-8-9-23(16-21(20)2)39-14-15-40-26-24(30)17-22(18-25(26)38-3)19-31-35-27-32-28(36-10-4-5-11-36)34-29(33-27)37-12-6-7-13-37/h8-9,16-19H,4-7,10-15H2,1-3H3,(H,32,33,34,35)/b31-19-. The maximum atomic E-state index is 6.56. The second-order valence-corrected chi connectivity index (χ2v) is 10.4. The molecule has 1 N–H and O–H groups in total. The Morgan fingerprint density at radius 1 is 0.875 bits per heavy atom. The van der Waals surface area contributed by atoms with E-state index in [-0.39, 0.29) is 0 Å². The molecule has 40 heavy (non-hydrogen) atoms. The van der Waals surface area contributed by atoms with Crippen LogP contribution in [0.4, 0.5) is 17.8 Å².